The van der Waals surface area contributed by atoms with Gasteiger partial charge in [0.2, 0.25) is 0 Å². The van der Waals surface area contributed by atoms with Crippen molar-refractivity contribution in [2.45, 2.75) is 25.3 Å². The molecule has 0 bridgehead atoms. The highest BCUT2D eigenvalue weighted by molar-refractivity contribution is 6.35. The van der Waals surface area contributed by atoms with Crippen molar-refractivity contribution >= 4 is 11.8 Å². The standard InChI is InChI=1S/C11H19N3O2/c1-11(7-12-9(15)10(16)13-11)8-4-3-5-14(2)6-8/h8H,3-7H2,1-2H3,(H,12,15)(H,13,16). The summed E-state index contributed by atoms with van der Waals surface area (Å²) in [5.41, 5.74) is -0.292. The third kappa shape index (κ3) is 2.04. The summed E-state index contributed by atoms with van der Waals surface area (Å²) in [7, 11) is 2.10. The second kappa shape index (κ2) is 4.05. The van der Waals surface area contributed by atoms with Gasteiger partial charge >= 0.3 is 11.8 Å². The van der Waals surface area contributed by atoms with E-state index in [2.05, 4.69) is 22.6 Å². The van der Waals surface area contributed by atoms with Gasteiger partial charge in [-0.25, -0.2) is 0 Å². The van der Waals surface area contributed by atoms with Crippen molar-refractivity contribution in [1.82, 2.24) is 15.5 Å². The van der Waals surface area contributed by atoms with Crippen LogP contribution < -0.4 is 10.6 Å². The average Bonchev–Trinajstić information content (AvgIpc) is 2.24. The van der Waals surface area contributed by atoms with E-state index in [-0.39, 0.29) is 5.54 Å². The monoisotopic (exact) mass is 225 g/mol. The molecular formula is C11H19N3O2. The van der Waals surface area contributed by atoms with Crippen molar-refractivity contribution in [2.75, 3.05) is 26.7 Å². The van der Waals surface area contributed by atoms with Crippen LogP contribution in [0.4, 0.5) is 0 Å². The Kier molecular flexibility index (Phi) is 2.88. The van der Waals surface area contributed by atoms with Crippen molar-refractivity contribution in [3.8, 4) is 0 Å². The SMILES string of the molecule is CN1CCCC(C2(C)CNC(=O)C(=O)N2)C1. The Morgan fingerprint density at radius 3 is 2.75 bits per heavy atom. The third-order valence-electron chi connectivity index (χ3n) is 3.75. The fourth-order valence-electron chi connectivity index (χ4n) is 2.64. The van der Waals surface area contributed by atoms with Gasteiger partial charge in [-0.2, -0.15) is 0 Å². The highest BCUT2D eigenvalue weighted by atomic mass is 16.2. The summed E-state index contributed by atoms with van der Waals surface area (Å²) in [5.74, 6) is -0.598. The Morgan fingerprint density at radius 2 is 2.12 bits per heavy atom. The molecule has 2 rings (SSSR count). The molecule has 0 radical (unpaired) electrons. The number of hydrogen-bond acceptors (Lipinski definition) is 3. The molecule has 0 aromatic rings. The molecule has 0 saturated carbocycles. The molecule has 2 fully saturated rings. The summed E-state index contributed by atoms with van der Waals surface area (Å²) in [6.07, 6.45) is 2.26. The zero-order chi connectivity index (χ0) is 11.8. The van der Waals surface area contributed by atoms with Crippen LogP contribution in [-0.4, -0.2) is 48.9 Å². The molecule has 2 N–H and O–H groups in total. The maximum atomic E-state index is 11.4. The van der Waals surface area contributed by atoms with Gasteiger partial charge in [0.25, 0.3) is 0 Å². The molecule has 0 spiro atoms. The lowest BCUT2D eigenvalue weighted by Gasteiger charge is -2.44. The first-order valence-electron chi connectivity index (χ1n) is 5.80. The van der Waals surface area contributed by atoms with Crippen LogP contribution in [0.1, 0.15) is 19.8 Å². The average molecular weight is 225 g/mol. The van der Waals surface area contributed by atoms with Gasteiger partial charge in [-0.1, -0.05) is 0 Å². The van der Waals surface area contributed by atoms with Gasteiger partial charge in [-0.15, -0.1) is 0 Å². The molecule has 0 aliphatic carbocycles. The second-order valence-electron chi connectivity index (χ2n) is 5.16. The zero-order valence-electron chi connectivity index (χ0n) is 9.88. The van der Waals surface area contributed by atoms with E-state index in [4.69, 9.17) is 0 Å². The maximum Gasteiger partial charge on any atom is 0.309 e. The Hall–Kier alpha value is -1.10. The third-order valence-corrected chi connectivity index (χ3v) is 3.75. The van der Waals surface area contributed by atoms with E-state index in [0.29, 0.717) is 12.5 Å². The number of nitrogens with zero attached hydrogens (tertiary/aromatic N) is 1. The second-order valence-corrected chi connectivity index (χ2v) is 5.16. The number of carbonyl (C=O) groups is 2. The molecule has 2 aliphatic rings. The first kappa shape index (κ1) is 11.4. The van der Waals surface area contributed by atoms with E-state index < -0.39 is 11.8 Å². The van der Waals surface area contributed by atoms with E-state index in [1.807, 2.05) is 6.92 Å². The summed E-state index contributed by atoms with van der Waals surface area (Å²) in [6.45, 7) is 4.66. The predicted molar refractivity (Wildman–Crippen MR) is 59.8 cm³/mol. The highest BCUT2D eigenvalue weighted by Gasteiger charge is 2.41. The Labute approximate surface area is 95.6 Å². The molecule has 2 atom stereocenters. The van der Waals surface area contributed by atoms with E-state index in [1.165, 1.54) is 0 Å². The molecule has 2 aliphatic heterocycles. The smallest absolute Gasteiger partial charge is 0.309 e. The summed E-state index contributed by atoms with van der Waals surface area (Å²) in [6, 6.07) is 0. The quantitative estimate of drug-likeness (QED) is 0.582. The van der Waals surface area contributed by atoms with Crippen LogP contribution in [0, 0.1) is 5.92 Å². The zero-order valence-corrected chi connectivity index (χ0v) is 9.88. The van der Waals surface area contributed by atoms with Gasteiger partial charge in [0, 0.05) is 13.1 Å². The number of piperazine rings is 1. The number of amides is 2. The molecule has 2 amide bonds. The van der Waals surface area contributed by atoms with Crippen LogP contribution in [-0.2, 0) is 9.59 Å². The summed E-state index contributed by atoms with van der Waals surface area (Å²) < 4.78 is 0. The van der Waals surface area contributed by atoms with E-state index in [9.17, 15) is 9.59 Å². The van der Waals surface area contributed by atoms with Crippen LogP contribution in [0.25, 0.3) is 0 Å². The Bertz CT molecular complexity index is 318. The lowest BCUT2D eigenvalue weighted by Crippen LogP contribution is -2.67. The summed E-state index contributed by atoms with van der Waals surface area (Å²) in [4.78, 5) is 24.8. The molecule has 0 aromatic carbocycles. The molecule has 90 valence electrons. The molecule has 2 unspecified atom stereocenters. The number of piperidine rings is 1. The van der Waals surface area contributed by atoms with Gasteiger partial charge in [0.1, 0.15) is 0 Å². The van der Waals surface area contributed by atoms with Crippen molar-refractivity contribution in [1.29, 1.82) is 0 Å². The molecule has 5 nitrogen and oxygen atoms in total. The minimum absolute atomic E-state index is 0.292. The number of carbonyl (C=O) groups excluding carboxylic acids is 2. The summed E-state index contributed by atoms with van der Waals surface area (Å²) in [5, 5.41) is 5.52. The van der Waals surface area contributed by atoms with Crippen LogP contribution in [0.3, 0.4) is 0 Å². The summed E-state index contributed by atoms with van der Waals surface area (Å²) >= 11 is 0. The topological polar surface area (TPSA) is 61.4 Å². The minimum atomic E-state index is -0.512. The maximum absolute atomic E-state index is 11.4. The normalized spacial score (nSPS) is 36.8. The molecular weight excluding hydrogens is 206 g/mol. The molecule has 0 aromatic heterocycles. The fraction of sp³-hybridized carbons (Fsp3) is 0.818. The number of hydrogen-bond donors (Lipinski definition) is 2. The molecule has 5 heteroatoms. The number of rotatable bonds is 1. The van der Waals surface area contributed by atoms with Gasteiger partial charge in [-0.3, -0.25) is 9.59 Å². The van der Waals surface area contributed by atoms with Crippen molar-refractivity contribution < 1.29 is 9.59 Å². The highest BCUT2D eigenvalue weighted by Crippen LogP contribution is 2.27. The molecule has 2 saturated heterocycles. The van der Waals surface area contributed by atoms with Crippen molar-refractivity contribution in [2.24, 2.45) is 5.92 Å². The van der Waals surface area contributed by atoms with Gasteiger partial charge in [0.15, 0.2) is 0 Å². The lowest BCUT2D eigenvalue weighted by molar-refractivity contribution is -0.143. The molecule has 2 heterocycles. The lowest BCUT2D eigenvalue weighted by atomic mass is 9.79. The number of nitrogens with one attached hydrogen (secondary N) is 2. The van der Waals surface area contributed by atoms with Crippen LogP contribution in [0.5, 0.6) is 0 Å². The minimum Gasteiger partial charge on any atom is -0.345 e. The van der Waals surface area contributed by atoms with Gasteiger partial charge in [-0.05, 0) is 39.3 Å². The first-order valence-corrected chi connectivity index (χ1v) is 5.80. The Morgan fingerprint density at radius 1 is 1.38 bits per heavy atom. The van der Waals surface area contributed by atoms with E-state index in [1.54, 1.807) is 0 Å². The van der Waals surface area contributed by atoms with Crippen LogP contribution in [0.2, 0.25) is 0 Å². The van der Waals surface area contributed by atoms with E-state index in [0.717, 1.165) is 25.9 Å². The van der Waals surface area contributed by atoms with Crippen molar-refractivity contribution in [3.63, 3.8) is 0 Å². The molecule has 16 heavy (non-hydrogen) atoms. The predicted octanol–water partition coefficient (Wildman–Crippen LogP) is -0.667. The van der Waals surface area contributed by atoms with Crippen LogP contribution >= 0.6 is 0 Å². The van der Waals surface area contributed by atoms with Gasteiger partial charge in [0.05, 0.1) is 5.54 Å². The first-order chi connectivity index (χ1) is 7.51. The fourth-order valence-corrected chi connectivity index (χ4v) is 2.64. The number of likely N-dealkylation sites (tertiary alicyclic amines) is 1. The van der Waals surface area contributed by atoms with E-state index >= 15 is 0 Å². The van der Waals surface area contributed by atoms with Gasteiger partial charge < -0.3 is 15.5 Å². The van der Waals surface area contributed by atoms with Crippen molar-refractivity contribution in [3.05, 3.63) is 0 Å². The Balaban J connectivity index is 2.06. The van der Waals surface area contributed by atoms with Crippen LogP contribution in [0.15, 0.2) is 0 Å². The largest absolute Gasteiger partial charge is 0.345 e.